The topological polar surface area (TPSA) is 131 Å². The minimum Gasteiger partial charge on any atom is -0.479 e. The highest BCUT2D eigenvalue weighted by molar-refractivity contribution is 7.92. The number of rotatable bonds is 9. The molecule has 11 heteroatoms. The Morgan fingerprint density at radius 3 is 2.69 bits per heavy atom. The SMILES string of the molecule is Cc1c(C2NC=CO2)sc(NCCC2CCCCC2O)c1C(=O)N(SO)C(C)(C)C(=O)O. The van der Waals surface area contributed by atoms with Gasteiger partial charge in [0.2, 0.25) is 6.23 Å². The van der Waals surface area contributed by atoms with Gasteiger partial charge in [-0.25, -0.2) is 9.10 Å². The molecule has 3 rings (SSSR count). The second-order valence-corrected chi connectivity index (χ2v) is 10.2. The summed E-state index contributed by atoms with van der Waals surface area (Å²) in [5, 5.41) is 26.8. The van der Waals surface area contributed by atoms with Crippen LogP contribution in [0.15, 0.2) is 12.5 Å². The number of anilines is 1. The van der Waals surface area contributed by atoms with Gasteiger partial charge >= 0.3 is 5.97 Å². The molecule has 1 aromatic heterocycles. The Kier molecular flexibility index (Phi) is 7.97. The van der Waals surface area contributed by atoms with Crippen LogP contribution in [0.1, 0.15) is 73.0 Å². The Balaban J connectivity index is 1.87. The van der Waals surface area contributed by atoms with Crippen molar-refractivity contribution in [1.82, 2.24) is 9.62 Å². The quantitative estimate of drug-likeness (QED) is 0.261. The molecule has 0 radical (unpaired) electrons. The Morgan fingerprint density at radius 1 is 1.38 bits per heavy atom. The van der Waals surface area contributed by atoms with E-state index in [4.69, 9.17) is 4.74 Å². The van der Waals surface area contributed by atoms with Gasteiger partial charge < -0.3 is 30.1 Å². The maximum atomic E-state index is 13.4. The molecule has 3 atom stereocenters. The molecule has 178 valence electrons. The van der Waals surface area contributed by atoms with Crippen LogP contribution in [-0.4, -0.2) is 49.1 Å². The average molecular weight is 486 g/mol. The molecular formula is C21H31N3O6S2. The van der Waals surface area contributed by atoms with Crippen LogP contribution >= 0.6 is 23.6 Å². The first-order chi connectivity index (χ1) is 15.2. The number of amides is 1. The van der Waals surface area contributed by atoms with Crippen molar-refractivity contribution in [3.8, 4) is 0 Å². The number of carboxylic acid groups (broad SMARTS) is 1. The summed E-state index contributed by atoms with van der Waals surface area (Å²) in [5.41, 5.74) is -0.665. The first kappa shape index (κ1) is 24.7. The molecule has 1 aliphatic heterocycles. The third-order valence-electron chi connectivity index (χ3n) is 6.13. The van der Waals surface area contributed by atoms with Gasteiger partial charge in [0.1, 0.15) is 29.0 Å². The number of nitrogens with one attached hydrogen (secondary N) is 2. The maximum absolute atomic E-state index is 13.4. The van der Waals surface area contributed by atoms with Gasteiger partial charge in [-0.1, -0.05) is 12.8 Å². The Bertz CT molecular complexity index is 864. The van der Waals surface area contributed by atoms with Crippen LogP contribution in [0.5, 0.6) is 0 Å². The molecule has 0 aromatic carbocycles. The number of aliphatic hydroxyl groups excluding tert-OH is 1. The van der Waals surface area contributed by atoms with Crippen molar-refractivity contribution in [2.24, 2.45) is 5.92 Å². The molecule has 1 aromatic rings. The molecule has 32 heavy (non-hydrogen) atoms. The summed E-state index contributed by atoms with van der Waals surface area (Å²) in [5.74, 6) is -1.61. The van der Waals surface area contributed by atoms with E-state index in [1.165, 1.54) is 31.4 Å². The van der Waals surface area contributed by atoms with E-state index in [1.54, 1.807) is 13.1 Å². The smallest absolute Gasteiger partial charge is 0.330 e. The van der Waals surface area contributed by atoms with Crippen LogP contribution in [0, 0.1) is 12.8 Å². The van der Waals surface area contributed by atoms with Crippen LogP contribution in [0.4, 0.5) is 5.00 Å². The zero-order chi connectivity index (χ0) is 23.5. The molecule has 5 N–H and O–H groups in total. The third-order valence-corrected chi connectivity index (χ3v) is 8.21. The van der Waals surface area contributed by atoms with Gasteiger partial charge in [-0.15, -0.1) is 11.3 Å². The maximum Gasteiger partial charge on any atom is 0.330 e. The lowest BCUT2D eigenvalue weighted by Crippen LogP contribution is -2.49. The Morgan fingerprint density at radius 2 is 2.09 bits per heavy atom. The van der Waals surface area contributed by atoms with Crippen molar-refractivity contribution in [3.63, 3.8) is 0 Å². The highest BCUT2D eigenvalue weighted by Gasteiger charge is 2.41. The predicted molar refractivity (Wildman–Crippen MR) is 124 cm³/mol. The summed E-state index contributed by atoms with van der Waals surface area (Å²) >= 11 is 1.46. The highest BCUT2D eigenvalue weighted by Crippen LogP contribution is 2.41. The number of aliphatic hydroxyl groups is 1. The number of hydrogen-bond acceptors (Lipinski definition) is 9. The van der Waals surface area contributed by atoms with E-state index in [9.17, 15) is 24.4 Å². The van der Waals surface area contributed by atoms with Crippen molar-refractivity contribution < 1.29 is 29.1 Å². The van der Waals surface area contributed by atoms with Gasteiger partial charge in [-0.05, 0) is 51.5 Å². The number of ether oxygens (including phenoxy) is 1. The normalized spacial score (nSPS) is 22.8. The minimum absolute atomic E-state index is 0.101. The summed E-state index contributed by atoms with van der Waals surface area (Å²) in [6, 6.07) is 0. The van der Waals surface area contributed by atoms with Gasteiger partial charge in [0, 0.05) is 12.7 Å². The average Bonchev–Trinajstić information content (AvgIpc) is 3.37. The molecule has 1 amide bonds. The molecule has 1 saturated carbocycles. The molecule has 0 bridgehead atoms. The van der Waals surface area contributed by atoms with Crippen molar-refractivity contribution in [1.29, 1.82) is 0 Å². The molecule has 9 nitrogen and oxygen atoms in total. The van der Waals surface area contributed by atoms with Crippen LogP contribution in [0.25, 0.3) is 0 Å². The summed E-state index contributed by atoms with van der Waals surface area (Å²) < 4.78 is 16.2. The number of carbonyl (C=O) groups is 2. The first-order valence-corrected chi connectivity index (χ1v) is 12.2. The molecular weight excluding hydrogens is 454 g/mol. The minimum atomic E-state index is -1.63. The van der Waals surface area contributed by atoms with E-state index in [0.29, 0.717) is 22.7 Å². The van der Waals surface area contributed by atoms with Crippen LogP contribution < -0.4 is 10.6 Å². The highest BCUT2D eigenvalue weighted by atomic mass is 32.2. The molecule has 0 saturated heterocycles. The van der Waals surface area contributed by atoms with Gasteiger partial charge in [-0.3, -0.25) is 4.79 Å². The van der Waals surface area contributed by atoms with Crippen LogP contribution in [0.2, 0.25) is 0 Å². The molecule has 1 fully saturated rings. The fourth-order valence-corrected chi connectivity index (χ4v) is 5.73. The predicted octanol–water partition coefficient (Wildman–Crippen LogP) is 3.93. The van der Waals surface area contributed by atoms with E-state index in [1.807, 2.05) is 0 Å². The van der Waals surface area contributed by atoms with Crippen LogP contribution in [0.3, 0.4) is 0 Å². The lowest BCUT2D eigenvalue weighted by molar-refractivity contribution is -0.145. The number of thiophene rings is 1. The summed E-state index contributed by atoms with van der Waals surface area (Å²) in [4.78, 5) is 26.0. The number of carboxylic acids is 1. The zero-order valence-electron chi connectivity index (χ0n) is 18.5. The Labute approximate surface area is 196 Å². The van der Waals surface area contributed by atoms with E-state index >= 15 is 0 Å². The van der Waals surface area contributed by atoms with E-state index < -0.39 is 23.6 Å². The Hall–Kier alpha value is -1.95. The zero-order valence-corrected chi connectivity index (χ0v) is 20.1. The second kappa shape index (κ2) is 10.3. The summed E-state index contributed by atoms with van der Waals surface area (Å²) in [7, 11) is 0. The van der Waals surface area contributed by atoms with Crippen molar-refractivity contribution in [2.75, 3.05) is 11.9 Å². The second-order valence-electron chi connectivity index (χ2n) is 8.65. The third kappa shape index (κ3) is 5.00. The number of carbonyl (C=O) groups excluding carboxylic acids is 1. The van der Waals surface area contributed by atoms with E-state index in [-0.39, 0.29) is 24.3 Å². The molecule has 2 heterocycles. The summed E-state index contributed by atoms with van der Waals surface area (Å²) in [6.07, 6.45) is 7.19. The van der Waals surface area contributed by atoms with Gasteiger partial charge in [0.25, 0.3) is 5.91 Å². The van der Waals surface area contributed by atoms with Crippen LogP contribution in [-0.2, 0) is 9.53 Å². The largest absolute Gasteiger partial charge is 0.479 e. The fourth-order valence-electron chi connectivity index (χ4n) is 4.06. The molecule has 1 aliphatic carbocycles. The van der Waals surface area contributed by atoms with Crippen molar-refractivity contribution in [3.05, 3.63) is 28.5 Å². The molecule has 0 spiro atoms. The van der Waals surface area contributed by atoms with Gasteiger partial charge in [0.05, 0.1) is 16.5 Å². The fraction of sp³-hybridized carbons (Fsp3) is 0.619. The van der Waals surface area contributed by atoms with Crippen molar-refractivity contribution >= 4 is 40.4 Å². The molecule has 3 unspecified atom stereocenters. The lowest BCUT2D eigenvalue weighted by atomic mass is 9.84. The number of nitrogens with zero attached hydrogens (tertiary/aromatic N) is 1. The number of aliphatic carboxylic acids is 1. The van der Waals surface area contributed by atoms with Gasteiger partial charge in [0.15, 0.2) is 0 Å². The molecule has 2 aliphatic rings. The first-order valence-electron chi connectivity index (χ1n) is 10.7. The van der Waals surface area contributed by atoms with E-state index in [2.05, 4.69) is 10.6 Å². The lowest BCUT2D eigenvalue weighted by Gasteiger charge is -2.31. The van der Waals surface area contributed by atoms with Crippen molar-refractivity contribution in [2.45, 2.75) is 70.7 Å². The monoisotopic (exact) mass is 485 g/mol. The van der Waals surface area contributed by atoms with E-state index in [0.717, 1.165) is 41.3 Å². The standard InChI is InChI=1S/C21H31N3O6S2/c1-12-15(19(26)24(32-29)21(2,3)20(27)28)18(31-16(12)17-22-10-11-30-17)23-9-8-13-6-4-5-7-14(13)25/h10-11,13-14,17,22-23,25,29H,4-9H2,1-3H3,(H,27,28). The van der Waals surface area contributed by atoms with Gasteiger partial charge in [-0.2, -0.15) is 0 Å². The number of hydrogen-bond donors (Lipinski definition) is 5. The summed E-state index contributed by atoms with van der Waals surface area (Å²) in [6.45, 7) is 5.07.